The minimum absolute atomic E-state index is 0.189. The number of benzene rings is 1. The Hall–Kier alpha value is -2.69. The number of esters is 1. The van der Waals surface area contributed by atoms with E-state index in [0.29, 0.717) is 17.9 Å². The minimum atomic E-state index is -0.377. The van der Waals surface area contributed by atoms with Gasteiger partial charge in [0, 0.05) is 16.7 Å². The summed E-state index contributed by atoms with van der Waals surface area (Å²) in [6.07, 6.45) is 2.65. The molecule has 27 heavy (non-hydrogen) atoms. The fourth-order valence-corrected chi connectivity index (χ4v) is 4.30. The lowest BCUT2D eigenvalue weighted by molar-refractivity contribution is 0.0526. The number of rotatable bonds is 2. The standard InChI is InChI=1S/C23H21NO2S/c1-4-26-22(25)18-10-11-19(24-16-18)8-6-5-7-17-9-12-21-20(15-17)23(2,3)13-14-27-21/h9-12,15-16H,4,13-14H2,1-3H3. The molecule has 0 fully saturated rings. The van der Waals surface area contributed by atoms with Gasteiger partial charge in [-0.05, 0) is 78.2 Å². The van der Waals surface area contributed by atoms with E-state index in [2.05, 4.69) is 54.6 Å². The lowest BCUT2D eigenvalue weighted by atomic mass is 9.81. The largest absolute Gasteiger partial charge is 0.462 e. The first-order valence-corrected chi connectivity index (χ1v) is 9.91. The van der Waals surface area contributed by atoms with E-state index in [1.807, 2.05) is 17.8 Å². The molecule has 2 heterocycles. The molecular weight excluding hydrogens is 354 g/mol. The molecule has 0 bridgehead atoms. The van der Waals surface area contributed by atoms with Crippen LogP contribution in [0.4, 0.5) is 0 Å². The van der Waals surface area contributed by atoms with Crippen LogP contribution in [0.3, 0.4) is 0 Å². The Morgan fingerprint density at radius 1 is 1.22 bits per heavy atom. The third kappa shape index (κ3) is 4.73. The van der Waals surface area contributed by atoms with E-state index in [1.54, 1.807) is 19.1 Å². The van der Waals surface area contributed by atoms with Gasteiger partial charge in [-0.3, -0.25) is 0 Å². The van der Waals surface area contributed by atoms with Crippen LogP contribution in [0.2, 0.25) is 0 Å². The molecule has 0 saturated heterocycles. The summed E-state index contributed by atoms with van der Waals surface area (Å²) >= 11 is 1.91. The predicted octanol–water partition coefficient (Wildman–Crippen LogP) is 4.43. The summed E-state index contributed by atoms with van der Waals surface area (Å²) in [4.78, 5) is 17.1. The normalized spacial score (nSPS) is 14.0. The van der Waals surface area contributed by atoms with Crippen molar-refractivity contribution in [3.8, 4) is 23.7 Å². The van der Waals surface area contributed by atoms with Crippen molar-refractivity contribution < 1.29 is 9.53 Å². The Morgan fingerprint density at radius 2 is 2.04 bits per heavy atom. The van der Waals surface area contributed by atoms with E-state index in [9.17, 15) is 4.79 Å². The Bertz CT molecular complexity index is 969. The molecule has 0 spiro atoms. The predicted molar refractivity (Wildman–Crippen MR) is 109 cm³/mol. The Kier molecular flexibility index (Phi) is 5.89. The van der Waals surface area contributed by atoms with Gasteiger partial charge in [-0.2, -0.15) is 0 Å². The molecule has 0 N–H and O–H groups in total. The van der Waals surface area contributed by atoms with Crippen LogP contribution in [0, 0.1) is 23.7 Å². The molecule has 4 heteroatoms. The molecule has 0 atom stereocenters. The van der Waals surface area contributed by atoms with Crippen LogP contribution in [0.1, 0.15) is 54.4 Å². The SMILES string of the molecule is CCOC(=O)c1ccc(C#CC#Cc2ccc3c(c2)C(C)(C)CCS3)nc1. The van der Waals surface area contributed by atoms with E-state index >= 15 is 0 Å². The van der Waals surface area contributed by atoms with Gasteiger partial charge in [-0.25, -0.2) is 9.78 Å². The highest BCUT2D eigenvalue weighted by Gasteiger charge is 2.27. The lowest BCUT2D eigenvalue weighted by Gasteiger charge is -2.32. The fourth-order valence-electron chi connectivity index (χ4n) is 2.81. The van der Waals surface area contributed by atoms with Crippen molar-refractivity contribution >= 4 is 17.7 Å². The van der Waals surface area contributed by atoms with Gasteiger partial charge in [-0.15, -0.1) is 11.8 Å². The number of thioether (sulfide) groups is 1. The average molecular weight is 375 g/mol. The summed E-state index contributed by atoms with van der Waals surface area (Å²) in [5.74, 6) is 12.5. The molecule has 0 radical (unpaired) electrons. The van der Waals surface area contributed by atoms with Crippen LogP contribution < -0.4 is 0 Å². The molecular formula is C23H21NO2S. The minimum Gasteiger partial charge on any atom is -0.462 e. The zero-order valence-electron chi connectivity index (χ0n) is 15.8. The summed E-state index contributed by atoms with van der Waals surface area (Å²) in [6, 6.07) is 9.75. The second kappa shape index (κ2) is 8.33. The molecule has 2 aromatic rings. The van der Waals surface area contributed by atoms with E-state index < -0.39 is 0 Å². The number of ether oxygens (including phenoxy) is 1. The molecule has 136 valence electrons. The summed E-state index contributed by atoms with van der Waals surface area (Å²) in [6.45, 7) is 6.68. The number of hydrogen-bond donors (Lipinski definition) is 0. The van der Waals surface area contributed by atoms with Crippen LogP contribution in [-0.4, -0.2) is 23.3 Å². The topological polar surface area (TPSA) is 39.2 Å². The number of carbonyl (C=O) groups excluding carboxylic acids is 1. The number of carbonyl (C=O) groups is 1. The molecule has 1 aromatic heterocycles. The second-order valence-electron chi connectivity index (χ2n) is 6.85. The first kappa shape index (κ1) is 19.1. The van der Waals surface area contributed by atoms with Gasteiger partial charge in [-0.1, -0.05) is 19.8 Å². The van der Waals surface area contributed by atoms with Crippen LogP contribution in [0.25, 0.3) is 0 Å². The van der Waals surface area contributed by atoms with Gasteiger partial charge in [0.1, 0.15) is 5.69 Å². The van der Waals surface area contributed by atoms with E-state index in [-0.39, 0.29) is 11.4 Å². The first-order chi connectivity index (χ1) is 13.0. The second-order valence-corrected chi connectivity index (χ2v) is 7.98. The highest BCUT2D eigenvalue weighted by Crippen LogP contribution is 2.41. The molecule has 1 aliphatic heterocycles. The lowest BCUT2D eigenvalue weighted by Crippen LogP contribution is -2.22. The molecule has 3 rings (SSSR count). The third-order valence-corrected chi connectivity index (χ3v) is 5.50. The zero-order valence-corrected chi connectivity index (χ0v) is 16.6. The molecule has 0 unspecified atom stereocenters. The Labute approximate surface area is 164 Å². The molecule has 3 nitrogen and oxygen atoms in total. The van der Waals surface area contributed by atoms with Gasteiger partial charge < -0.3 is 4.74 Å². The van der Waals surface area contributed by atoms with Crippen molar-refractivity contribution in [2.24, 2.45) is 0 Å². The molecule has 1 aliphatic rings. The van der Waals surface area contributed by atoms with Crippen molar-refractivity contribution in [1.29, 1.82) is 0 Å². The van der Waals surface area contributed by atoms with Crippen LogP contribution in [0.15, 0.2) is 41.4 Å². The molecule has 0 amide bonds. The first-order valence-electron chi connectivity index (χ1n) is 8.92. The molecule has 1 aromatic carbocycles. The van der Waals surface area contributed by atoms with Crippen molar-refractivity contribution in [1.82, 2.24) is 4.98 Å². The quantitative estimate of drug-likeness (QED) is 0.575. The summed E-state index contributed by atoms with van der Waals surface area (Å²) in [5, 5.41) is 0. The van der Waals surface area contributed by atoms with Crippen molar-refractivity contribution in [2.45, 2.75) is 37.5 Å². The van der Waals surface area contributed by atoms with Gasteiger partial charge in [0.2, 0.25) is 0 Å². The average Bonchev–Trinajstić information content (AvgIpc) is 2.66. The van der Waals surface area contributed by atoms with Crippen molar-refractivity contribution in [3.05, 3.63) is 58.9 Å². The maximum Gasteiger partial charge on any atom is 0.339 e. The fraction of sp³-hybridized carbons (Fsp3) is 0.304. The maximum atomic E-state index is 11.6. The number of aromatic nitrogens is 1. The van der Waals surface area contributed by atoms with Crippen LogP contribution >= 0.6 is 11.8 Å². The Morgan fingerprint density at radius 3 is 2.78 bits per heavy atom. The zero-order chi connectivity index (χ0) is 19.3. The smallest absolute Gasteiger partial charge is 0.339 e. The molecule has 0 saturated carbocycles. The van der Waals surface area contributed by atoms with E-state index in [1.165, 1.54) is 28.8 Å². The molecule has 0 aliphatic carbocycles. The van der Waals surface area contributed by atoms with Gasteiger partial charge in [0.15, 0.2) is 0 Å². The van der Waals surface area contributed by atoms with Crippen LogP contribution in [0.5, 0.6) is 0 Å². The van der Waals surface area contributed by atoms with Gasteiger partial charge in [0.05, 0.1) is 12.2 Å². The number of hydrogen-bond acceptors (Lipinski definition) is 4. The monoisotopic (exact) mass is 375 g/mol. The van der Waals surface area contributed by atoms with Gasteiger partial charge in [0.25, 0.3) is 0 Å². The Balaban J connectivity index is 1.72. The van der Waals surface area contributed by atoms with Crippen molar-refractivity contribution in [3.63, 3.8) is 0 Å². The van der Waals surface area contributed by atoms with Gasteiger partial charge >= 0.3 is 5.97 Å². The number of nitrogens with zero attached hydrogens (tertiary/aromatic N) is 1. The highest BCUT2D eigenvalue weighted by atomic mass is 32.2. The van der Waals surface area contributed by atoms with Crippen LogP contribution in [-0.2, 0) is 10.2 Å². The third-order valence-electron chi connectivity index (χ3n) is 4.43. The summed E-state index contributed by atoms with van der Waals surface area (Å²) < 4.78 is 4.93. The summed E-state index contributed by atoms with van der Waals surface area (Å²) in [5.41, 5.74) is 3.52. The number of fused-ring (bicyclic) bond motifs is 1. The van der Waals surface area contributed by atoms with E-state index in [4.69, 9.17) is 4.74 Å². The maximum absolute atomic E-state index is 11.6. The summed E-state index contributed by atoms with van der Waals surface area (Å²) in [7, 11) is 0. The van der Waals surface area contributed by atoms with Crippen molar-refractivity contribution in [2.75, 3.05) is 12.4 Å². The highest BCUT2D eigenvalue weighted by molar-refractivity contribution is 7.99. The van der Waals surface area contributed by atoms with E-state index in [0.717, 1.165) is 5.56 Å². The number of pyridine rings is 1.